The van der Waals surface area contributed by atoms with E-state index in [9.17, 15) is 14.4 Å². The lowest BCUT2D eigenvalue weighted by Crippen LogP contribution is -2.39. The smallest absolute Gasteiger partial charge is 0.337 e. The van der Waals surface area contributed by atoms with Crippen molar-refractivity contribution in [2.45, 2.75) is 19.4 Å². The van der Waals surface area contributed by atoms with Crippen molar-refractivity contribution in [3.63, 3.8) is 0 Å². The molecule has 1 heterocycles. The topological polar surface area (TPSA) is 108 Å². The lowest BCUT2D eigenvalue weighted by molar-refractivity contribution is -0.119. The molecule has 1 aliphatic rings. The monoisotopic (exact) mass is 277 g/mol. The molecular formula is C13H15N3O4. The fraction of sp³-hybridized carbons (Fsp3) is 0.308. The minimum atomic E-state index is -1.11. The van der Waals surface area contributed by atoms with Crippen molar-refractivity contribution < 1.29 is 19.5 Å². The van der Waals surface area contributed by atoms with E-state index in [-0.39, 0.29) is 29.6 Å². The minimum Gasteiger partial charge on any atom is -0.478 e. The van der Waals surface area contributed by atoms with E-state index in [2.05, 4.69) is 16.0 Å². The van der Waals surface area contributed by atoms with Gasteiger partial charge in [-0.3, -0.25) is 4.79 Å². The molecule has 0 spiro atoms. The Morgan fingerprint density at radius 3 is 2.75 bits per heavy atom. The largest absolute Gasteiger partial charge is 0.478 e. The summed E-state index contributed by atoms with van der Waals surface area (Å²) in [6.45, 7) is 2.09. The summed E-state index contributed by atoms with van der Waals surface area (Å²) in [5, 5.41) is 16.9. The number of carboxylic acid groups (broad SMARTS) is 1. The summed E-state index contributed by atoms with van der Waals surface area (Å²) in [6, 6.07) is 3.94. The maximum absolute atomic E-state index is 11.8. The number of amides is 3. The third-order valence-corrected chi connectivity index (χ3v) is 3.05. The first kappa shape index (κ1) is 13.9. The molecule has 0 aromatic heterocycles. The van der Waals surface area contributed by atoms with Gasteiger partial charge in [0.05, 0.1) is 17.3 Å². The molecule has 0 saturated carbocycles. The molecule has 0 bridgehead atoms. The quantitative estimate of drug-likeness (QED) is 0.652. The highest BCUT2D eigenvalue weighted by atomic mass is 16.4. The lowest BCUT2D eigenvalue weighted by Gasteiger charge is -2.14. The highest BCUT2D eigenvalue weighted by molar-refractivity contribution is 6.01. The fourth-order valence-corrected chi connectivity index (χ4v) is 2.05. The standard InChI is InChI=1S/C13H15N3O4/c1-7-3-2-4-9(12(18)19)11(7)16-13(20)15-8-5-10(17)14-6-8/h2-4,8H,5-6H2,1H3,(H,14,17)(H,18,19)(H2,15,16,20). The highest BCUT2D eigenvalue weighted by Crippen LogP contribution is 2.20. The van der Waals surface area contributed by atoms with Gasteiger partial charge in [-0.15, -0.1) is 0 Å². The van der Waals surface area contributed by atoms with E-state index in [0.29, 0.717) is 12.1 Å². The van der Waals surface area contributed by atoms with Crippen molar-refractivity contribution in [2.24, 2.45) is 0 Å². The molecule has 106 valence electrons. The third-order valence-electron chi connectivity index (χ3n) is 3.05. The number of carbonyl (C=O) groups excluding carboxylic acids is 2. The number of aryl methyl sites for hydroxylation is 1. The number of carboxylic acids is 1. The second-order valence-electron chi connectivity index (χ2n) is 4.61. The molecule has 4 N–H and O–H groups in total. The second kappa shape index (κ2) is 5.60. The predicted octanol–water partition coefficient (Wildman–Crippen LogP) is 0.703. The van der Waals surface area contributed by atoms with E-state index < -0.39 is 12.0 Å². The molecule has 3 amide bonds. The Morgan fingerprint density at radius 2 is 2.15 bits per heavy atom. The van der Waals surface area contributed by atoms with Gasteiger partial charge >= 0.3 is 12.0 Å². The zero-order valence-electron chi connectivity index (χ0n) is 10.9. The average molecular weight is 277 g/mol. The van der Waals surface area contributed by atoms with Gasteiger partial charge in [-0.1, -0.05) is 12.1 Å². The number of hydrogen-bond donors (Lipinski definition) is 4. The molecule has 1 fully saturated rings. The van der Waals surface area contributed by atoms with Gasteiger partial charge < -0.3 is 21.1 Å². The summed E-state index contributed by atoms with van der Waals surface area (Å²) in [6.07, 6.45) is 0.229. The molecule has 7 heteroatoms. The summed E-state index contributed by atoms with van der Waals surface area (Å²) in [5.74, 6) is -1.22. The second-order valence-corrected chi connectivity index (χ2v) is 4.61. The molecule has 1 unspecified atom stereocenters. The predicted molar refractivity (Wildman–Crippen MR) is 71.7 cm³/mol. The molecule has 2 rings (SSSR count). The summed E-state index contributed by atoms with van der Waals surface area (Å²) in [4.78, 5) is 34.0. The van der Waals surface area contributed by atoms with Gasteiger partial charge in [-0.2, -0.15) is 0 Å². The Hall–Kier alpha value is -2.57. The number of urea groups is 1. The number of rotatable bonds is 3. The van der Waals surface area contributed by atoms with E-state index >= 15 is 0 Å². The van der Waals surface area contributed by atoms with Crippen LogP contribution in [0.3, 0.4) is 0 Å². The molecule has 1 saturated heterocycles. The molecule has 1 aromatic carbocycles. The van der Waals surface area contributed by atoms with Gasteiger partial charge in [-0.05, 0) is 18.6 Å². The average Bonchev–Trinajstić information content (AvgIpc) is 2.77. The molecule has 7 nitrogen and oxygen atoms in total. The molecule has 1 atom stereocenters. The zero-order valence-corrected chi connectivity index (χ0v) is 10.9. The highest BCUT2D eigenvalue weighted by Gasteiger charge is 2.23. The summed E-state index contributed by atoms with van der Waals surface area (Å²) < 4.78 is 0. The Bertz CT molecular complexity index is 571. The Kier molecular flexibility index (Phi) is 3.88. The SMILES string of the molecule is Cc1cccc(C(=O)O)c1NC(=O)NC1CNC(=O)C1. The molecule has 20 heavy (non-hydrogen) atoms. The number of nitrogens with one attached hydrogen (secondary N) is 3. The van der Waals surface area contributed by atoms with Crippen molar-refractivity contribution in [3.05, 3.63) is 29.3 Å². The normalized spacial score (nSPS) is 17.4. The van der Waals surface area contributed by atoms with E-state index in [4.69, 9.17) is 5.11 Å². The maximum Gasteiger partial charge on any atom is 0.337 e. The van der Waals surface area contributed by atoms with Gasteiger partial charge in [0.15, 0.2) is 0 Å². The molecule has 1 aromatic rings. The third kappa shape index (κ3) is 3.05. The summed E-state index contributed by atoms with van der Waals surface area (Å²) in [7, 11) is 0. The Morgan fingerprint density at radius 1 is 1.40 bits per heavy atom. The number of carbonyl (C=O) groups is 3. The number of benzene rings is 1. The number of hydrogen-bond acceptors (Lipinski definition) is 3. The first-order valence-electron chi connectivity index (χ1n) is 6.14. The van der Waals surface area contributed by atoms with Gasteiger partial charge in [0.1, 0.15) is 0 Å². The van der Waals surface area contributed by atoms with Crippen LogP contribution in [0.2, 0.25) is 0 Å². The summed E-state index contributed by atoms with van der Waals surface area (Å²) >= 11 is 0. The maximum atomic E-state index is 11.8. The van der Waals surface area contributed by atoms with Gasteiger partial charge in [0, 0.05) is 13.0 Å². The van der Waals surface area contributed by atoms with Crippen molar-refractivity contribution in [1.29, 1.82) is 0 Å². The van der Waals surface area contributed by atoms with Crippen molar-refractivity contribution in [3.8, 4) is 0 Å². The van der Waals surface area contributed by atoms with Crippen LogP contribution in [0.4, 0.5) is 10.5 Å². The lowest BCUT2D eigenvalue weighted by atomic mass is 10.1. The van der Waals surface area contributed by atoms with Crippen LogP contribution in [0.1, 0.15) is 22.3 Å². The summed E-state index contributed by atoms with van der Waals surface area (Å²) in [5.41, 5.74) is 0.941. The first-order chi connectivity index (χ1) is 9.47. The van der Waals surface area contributed by atoms with Crippen molar-refractivity contribution in [1.82, 2.24) is 10.6 Å². The number of aromatic carboxylic acids is 1. The molecule has 0 radical (unpaired) electrons. The van der Waals surface area contributed by atoms with Crippen LogP contribution < -0.4 is 16.0 Å². The van der Waals surface area contributed by atoms with E-state index in [1.807, 2.05) is 0 Å². The Labute approximate surface area is 115 Å². The Balaban J connectivity index is 2.08. The first-order valence-corrected chi connectivity index (χ1v) is 6.14. The van der Waals surface area contributed by atoms with Crippen LogP contribution in [0.15, 0.2) is 18.2 Å². The van der Waals surface area contributed by atoms with Crippen LogP contribution in [0.25, 0.3) is 0 Å². The van der Waals surface area contributed by atoms with Crippen LogP contribution in [0.5, 0.6) is 0 Å². The van der Waals surface area contributed by atoms with Crippen LogP contribution >= 0.6 is 0 Å². The van der Waals surface area contributed by atoms with Crippen LogP contribution in [0, 0.1) is 6.92 Å². The van der Waals surface area contributed by atoms with Crippen LogP contribution in [-0.4, -0.2) is 35.6 Å². The molecular weight excluding hydrogens is 262 g/mol. The van der Waals surface area contributed by atoms with E-state index in [1.165, 1.54) is 6.07 Å². The fourth-order valence-electron chi connectivity index (χ4n) is 2.05. The van der Waals surface area contributed by atoms with Crippen molar-refractivity contribution >= 4 is 23.6 Å². The van der Waals surface area contributed by atoms with Gasteiger partial charge in [0.2, 0.25) is 5.91 Å². The van der Waals surface area contributed by atoms with Gasteiger partial charge in [-0.25, -0.2) is 9.59 Å². The minimum absolute atomic E-state index is 0.0285. The van der Waals surface area contributed by atoms with Crippen molar-refractivity contribution in [2.75, 3.05) is 11.9 Å². The number of para-hydroxylation sites is 1. The number of anilines is 1. The zero-order chi connectivity index (χ0) is 14.7. The van der Waals surface area contributed by atoms with E-state index in [0.717, 1.165) is 0 Å². The van der Waals surface area contributed by atoms with Gasteiger partial charge in [0.25, 0.3) is 0 Å². The van der Waals surface area contributed by atoms with Crippen LogP contribution in [-0.2, 0) is 4.79 Å². The van der Waals surface area contributed by atoms with E-state index in [1.54, 1.807) is 19.1 Å². The molecule has 1 aliphatic heterocycles. The molecule has 0 aliphatic carbocycles.